The van der Waals surface area contributed by atoms with Gasteiger partial charge in [0.25, 0.3) is 0 Å². The summed E-state index contributed by atoms with van der Waals surface area (Å²) in [5.74, 6) is 0. The molecule has 1 rings (SSSR count). The normalized spacial score (nSPS) is 13.5. The minimum absolute atomic E-state index is 0.236. The van der Waals surface area contributed by atoms with Crippen molar-refractivity contribution in [1.29, 1.82) is 0 Å². The molecule has 2 heteroatoms. The number of hydrogen-bond acceptors (Lipinski definition) is 2. The molecule has 0 aliphatic heterocycles. The van der Waals surface area contributed by atoms with E-state index in [-0.39, 0.29) is 5.41 Å². The third kappa shape index (κ3) is 5.75. The Balaban J connectivity index is 2.55. The Kier molecular flexibility index (Phi) is 6.53. The molecular weight excluding hydrogens is 234 g/mol. The first-order valence-corrected chi connectivity index (χ1v) is 7.23. The van der Waals surface area contributed by atoms with Gasteiger partial charge >= 0.3 is 0 Å². The quantitative estimate of drug-likeness (QED) is 0.760. The molecule has 0 aromatic heterocycles. The first-order chi connectivity index (χ1) is 8.97. The predicted molar refractivity (Wildman–Crippen MR) is 82.8 cm³/mol. The number of benzene rings is 1. The summed E-state index contributed by atoms with van der Waals surface area (Å²) in [5.41, 5.74) is 3.04. The highest BCUT2D eigenvalue weighted by atomic mass is 16.5. The van der Waals surface area contributed by atoms with Crippen LogP contribution in [0.1, 0.15) is 44.7 Å². The summed E-state index contributed by atoms with van der Waals surface area (Å²) in [6, 6.07) is 9.59. The predicted octanol–water partition coefficient (Wildman–Crippen LogP) is 3.54. The molecule has 0 fully saturated rings. The topological polar surface area (TPSA) is 21.3 Å². The Morgan fingerprint density at radius 3 is 2.26 bits per heavy atom. The van der Waals surface area contributed by atoms with Crippen molar-refractivity contribution in [2.45, 2.75) is 51.5 Å². The number of rotatable bonds is 7. The van der Waals surface area contributed by atoms with Gasteiger partial charge in [-0.2, -0.15) is 0 Å². The zero-order chi connectivity index (χ0) is 14.3. The molecule has 0 aliphatic rings. The van der Waals surface area contributed by atoms with Gasteiger partial charge in [-0.3, -0.25) is 0 Å². The lowest BCUT2D eigenvalue weighted by atomic mass is 9.86. The molecule has 0 saturated carbocycles. The van der Waals surface area contributed by atoms with Crippen LogP contribution < -0.4 is 5.32 Å². The van der Waals surface area contributed by atoms with Crippen molar-refractivity contribution in [3.05, 3.63) is 35.4 Å². The van der Waals surface area contributed by atoms with Gasteiger partial charge in [0.05, 0.1) is 0 Å². The van der Waals surface area contributed by atoms with Crippen molar-refractivity contribution in [2.24, 2.45) is 0 Å². The molecule has 0 bridgehead atoms. The minimum atomic E-state index is 0.236. The fraction of sp³-hybridized carbons (Fsp3) is 0.647. The highest BCUT2D eigenvalue weighted by molar-refractivity contribution is 5.27. The molecule has 0 heterocycles. The van der Waals surface area contributed by atoms with E-state index < -0.39 is 0 Å². The number of nitrogens with one attached hydrogen (secondary N) is 1. The second-order valence-corrected chi connectivity index (χ2v) is 6.27. The van der Waals surface area contributed by atoms with E-state index in [9.17, 15) is 0 Å². The van der Waals surface area contributed by atoms with Crippen LogP contribution in [0.3, 0.4) is 0 Å². The van der Waals surface area contributed by atoms with Crippen LogP contribution in [0.4, 0.5) is 0 Å². The summed E-state index contributed by atoms with van der Waals surface area (Å²) in [5, 5.41) is 3.40. The van der Waals surface area contributed by atoms with Gasteiger partial charge in [-0.1, -0.05) is 45.0 Å². The fourth-order valence-corrected chi connectivity index (χ4v) is 2.25. The third-order valence-corrected chi connectivity index (χ3v) is 3.61. The van der Waals surface area contributed by atoms with Crippen LogP contribution in [0.5, 0.6) is 0 Å². The Hall–Kier alpha value is -0.860. The highest BCUT2D eigenvalue weighted by Crippen LogP contribution is 2.22. The van der Waals surface area contributed by atoms with E-state index in [0.717, 1.165) is 25.9 Å². The monoisotopic (exact) mass is 263 g/mol. The van der Waals surface area contributed by atoms with Crippen molar-refractivity contribution in [3.8, 4) is 0 Å². The fourth-order valence-electron chi connectivity index (χ4n) is 2.25. The average molecular weight is 263 g/mol. The van der Waals surface area contributed by atoms with Gasteiger partial charge in [0.2, 0.25) is 0 Å². The summed E-state index contributed by atoms with van der Waals surface area (Å²) < 4.78 is 5.11. The van der Waals surface area contributed by atoms with E-state index in [1.807, 2.05) is 7.05 Å². The molecule has 0 aliphatic carbocycles. The van der Waals surface area contributed by atoms with Gasteiger partial charge in [0, 0.05) is 19.8 Å². The van der Waals surface area contributed by atoms with Crippen molar-refractivity contribution < 1.29 is 4.74 Å². The molecular formula is C17H29NO. The zero-order valence-electron chi connectivity index (χ0n) is 13.1. The van der Waals surface area contributed by atoms with E-state index >= 15 is 0 Å². The van der Waals surface area contributed by atoms with Crippen LogP contribution in [0.25, 0.3) is 0 Å². The van der Waals surface area contributed by atoms with Crippen LogP contribution in [-0.4, -0.2) is 26.8 Å². The lowest BCUT2D eigenvalue weighted by Crippen LogP contribution is -2.27. The summed E-state index contributed by atoms with van der Waals surface area (Å²) >= 11 is 0. The molecule has 1 N–H and O–H groups in total. The van der Waals surface area contributed by atoms with E-state index in [1.165, 1.54) is 11.1 Å². The second kappa shape index (κ2) is 7.66. The summed E-state index contributed by atoms with van der Waals surface area (Å²) in [7, 11) is 3.81. The van der Waals surface area contributed by atoms with Gasteiger partial charge in [-0.05, 0) is 42.9 Å². The molecule has 0 saturated heterocycles. The zero-order valence-corrected chi connectivity index (χ0v) is 13.1. The average Bonchev–Trinajstić information content (AvgIpc) is 2.37. The summed E-state index contributed by atoms with van der Waals surface area (Å²) in [6.45, 7) is 7.61. The highest BCUT2D eigenvalue weighted by Gasteiger charge is 2.13. The Morgan fingerprint density at radius 1 is 1.16 bits per heavy atom. The van der Waals surface area contributed by atoms with Crippen LogP contribution in [-0.2, 0) is 16.6 Å². The minimum Gasteiger partial charge on any atom is -0.385 e. The van der Waals surface area contributed by atoms with E-state index in [0.29, 0.717) is 6.04 Å². The molecule has 1 aromatic rings. The van der Waals surface area contributed by atoms with E-state index in [1.54, 1.807) is 7.11 Å². The van der Waals surface area contributed by atoms with Crippen LogP contribution in [0.2, 0.25) is 0 Å². The molecule has 108 valence electrons. The maximum Gasteiger partial charge on any atom is 0.0462 e. The summed E-state index contributed by atoms with van der Waals surface area (Å²) in [6.07, 6.45) is 3.36. The molecule has 1 atom stereocenters. The number of ether oxygens (including phenoxy) is 1. The van der Waals surface area contributed by atoms with Crippen molar-refractivity contribution in [3.63, 3.8) is 0 Å². The standard InChI is InChI=1S/C17H29NO/c1-17(2,3)15-10-8-14(9-11-15)13-16(18-4)7-6-12-19-5/h8-11,16,18H,6-7,12-13H2,1-5H3. The Bertz CT molecular complexity index is 351. The number of hydrogen-bond donors (Lipinski definition) is 1. The lowest BCUT2D eigenvalue weighted by molar-refractivity contribution is 0.189. The lowest BCUT2D eigenvalue weighted by Gasteiger charge is -2.20. The van der Waals surface area contributed by atoms with Crippen LogP contribution >= 0.6 is 0 Å². The second-order valence-electron chi connectivity index (χ2n) is 6.27. The van der Waals surface area contributed by atoms with Gasteiger partial charge in [-0.15, -0.1) is 0 Å². The maximum atomic E-state index is 5.11. The Morgan fingerprint density at radius 2 is 1.79 bits per heavy atom. The third-order valence-electron chi connectivity index (χ3n) is 3.61. The first kappa shape index (κ1) is 16.2. The molecule has 0 amide bonds. The molecule has 2 nitrogen and oxygen atoms in total. The van der Waals surface area contributed by atoms with Crippen LogP contribution in [0, 0.1) is 0 Å². The van der Waals surface area contributed by atoms with Crippen molar-refractivity contribution >= 4 is 0 Å². The van der Waals surface area contributed by atoms with Crippen molar-refractivity contribution in [2.75, 3.05) is 20.8 Å². The molecule has 0 radical (unpaired) electrons. The first-order valence-electron chi connectivity index (χ1n) is 7.23. The van der Waals surface area contributed by atoms with E-state index in [2.05, 4.69) is 50.4 Å². The van der Waals surface area contributed by atoms with Crippen LogP contribution in [0.15, 0.2) is 24.3 Å². The SMILES string of the molecule is CNC(CCCOC)Cc1ccc(C(C)(C)C)cc1. The number of likely N-dealkylation sites (N-methyl/N-ethyl adjacent to an activating group) is 1. The molecule has 19 heavy (non-hydrogen) atoms. The molecule has 1 unspecified atom stereocenters. The molecule has 1 aromatic carbocycles. The van der Waals surface area contributed by atoms with Gasteiger partial charge in [-0.25, -0.2) is 0 Å². The maximum absolute atomic E-state index is 5.11. The Labute approximate surface area is 118 Å². The van der Waals surface area contributed by atoms with Gasteiger partial charge in [0.15, 0.2) is 0 Å². The molecule has 0 spiro atoms. The van der Waals surface area contributed by atoms with Gasteiger partial charge in [0.1, 0.15) is 0 Å². The largest absolute Gasteiger partial charge is 0.385 e. The number of methoxy groups -OCH3 is 1. The van der Waals surface area contributed by atoms with E-state index in [4.69, 9.17) is 4.74 Å². The smallest absolute Gasteiger partial charge is 0.0462 e. The summed E-state index contributed by atoms with van der Waals surface area (Å²) in [4.78, 5) is 0. The van der Waals surface area contributed by atoms with Gasteiger partial charge < -0.3 is 10.1 Å². The van der Waals surface area contributed by atoms with Crippen molar-refractivity contribution in [1.82, 2.24) is 5.32 Å².